The van der Waals surface area contributed by atoms with Crippen molar-refractivity contribution in [1.82, 2.24) is 0 Å². The number of benzene rings is 9. The van der Waals surface area contributed by atoms with Crippen LogP contribution < -0.4 is 9.47 Å². The van der Waals surface area contributed by atoms with E-state index in [0.29, 0.717) is 23.7 Å². The summed E-state index contributed by atoms with van der Waals surface area (Å²) in [6.07, 6.45) is 21.2. The number of hydrogen-bond donors (Lipinski definition) is 0. The second-order valence-corrected chi connectivity index (χ2v) is 18.1. The van der Waals surface area contributed by atoms with Crippen LogP contribution in [-0.4, -0.2) is 30.7 Å². The largest absolute Gasteiger partial charge is 0.493 e. The first kappa shape index (κ1) is 58.3. The molecular weight excluding hydrogens is 993 g/mol. The van der Waals surface area contributed by atoms with Crippen molar-refractivity contribution in [3.05, 3.63) is 336 Å². The zero-order valence-electron chi connectivity index (χ0n) is 43.8. The second-order valence-electron chi connectivity index (χ2n) is 17.0. The van der Waals surface area contributed by atoms with Crippen LogP contribution in [0.5, 0.6) is 11.5 Å². The number of rotatable bonds is 19. The minimum Gasteiger partial charge on any atom is -0.493 e. The maximum absolute atomic E-state index is 11.6. The van der Waals surface area contributed by atoms with Gasteiger partial charge in [0, 0.05) is 15.4 Å². The number of aldehydes is 1. The lowest BCUT2D eigenvalue weighted by Crippen LogP contribution is -1.99. The molecule has 390 valence electrons. The molecular formula is C72H60O6S. The smallest absolute Gasteiger partial charge is 0.178 e. The van der Waals surface area contributed by atoms with Crippen molar-refractivity contribution < 1.29 is 28.7 Å². The van der Waals surface area contributed by atoms with Crippen LogP contribution in [0.15, 0.2) is 301 Å². The van der Waals surface area contributed by atoms with Gasteiger partial charge in [-0.1, -0.05) is 279 Å². The highest BCUT2D eigenvalue weighted by Crippen LogP contribution is 2.38. The number of carbonyl (C=O) groups is 4. The van der Waals surface area contributed by atoms with Crippen LogP contribution in [0.2, 0.25) is 0 Å². The van der Waals surface area contributed by atoms with E-state index < -0.39 is 0 Å². The molecule has 0 spiro atoms. The first-order chi connectivity index (χ1) is 38.8. The van der Waals surface area contributed by atoms with Crippen LogP contribution in [-0.2, 0) is 21.0 Å². The second kappa shape index (κ2) is 34.6. The molecule has 0 amide bonds. The van der Waals surface area contributed by atoms with Gasteiger partial charge < -0.3 is 9.47 Å². The van der Waals surface area contributed by atoms with E-state index in [-0.39, 0.29) is 17.3 Å². The van der Waals surface area contributed by atoms with Crippen molar-refractivity contribution in [2.45, 2.75) is 16.4 Å². The molecule has 79 heavy (non-hydrogen) atoms. The van der Waals surface area contributed by atoms with Crippen molar-refractivity contribution in [2.75, 3.05) is 7.11 Å². The molecule has 9 rings (SSSR count). The Kier molecular flexibility index (Phi) is 25.5. The monoisotopic (exact) mass is 1050 g/mol. The SMILES string of the molecule is COc1cc(C=O)c(Sc2ccccc2)cc1OCc1ccccc1.O=C(C=Cc1ccccc1)C=Cc1ccccc1.O=C(C=Cc1ccccc1)C=Cc1ccccc1.O=C(C=Cc1ccccc1)C=Cc1ccccc1. The van der Waals surface area contributed by atoms with Crippen molar-refractivity contribution in [3.63, 3.8) is 0 Å². The van der Waals surface area contributed by atoms with E-state index in [1.165, 1.54) is 11.8 Å². The van der Waals surface area contributed by atoms with Gasteiger partial charge in [-0.15, -0.1) is 0 Å². The lowest BCUT2D eigenvalue weighted by atomic mass is 10.1. The summed E-state index contributed by atoms with van der Waals surface area (Å²) in [6, 6.07) is 82.1. The highest BCUT2D eigenvalue weighted by Gasteiger charge is 2.13. The Bertz CT molecular complexity index is 3000. The van der Waals surface area contributed by atoms with Gasteiger partial charge in [-0.2, -0.15) is 0 Å². The average Bonchev–Trinajstić information content (AvgIpc) is 3.53. The molecule has 7 heteroatoms. The Balaban J connectivity index is 0.000000172. The van der Waals surface area contributed by atoms with Crippen LogP contribution in [0, 0.1) is 0 Å². The average molecular weight is 1050 g/mol. The van der Waals surface area contributed by atoms with E-state index in [0.717, 1.165) is 55.0 Å². The van der Waals surface area contributed by atoms with Gasteiger partial charge in [-0.3, -0.25) is 19.2 Å². The third-order valence-electron chi connectivity index (χ3n) is 11.1. The normalized spacial score (nSPS) is 10.8. The predicted octanol–water partition coefficient (Wildman–Crippen LogP) is 17.2. The number of carbonyl (C=O) groups excluding carboxylic acids is 4. The van der Waals surface area contributed by atoms with Crippen molar-refractivity contribution in [3.8, 4) is 11.5 Å². The Morgan fingerprint density at radius 2 is 0.646 bits per heavy atom. The van der Waals surface area contributed by atoms with Gasteiger partial charge in [0.2, 0.25) is 0 Å². The molecule has 6 nitrogen and oxygen atoms in total. The van der Waals surface area contributed by atoms with Crippen LogP contribution in [0.1, 0.15) is 49.3 Å². The fraction of sp³-hybridized carbons (Fsp3) is 0.0278. The van der Waals surface area contributed by atoms with Crippen LogP contribution >= 0.6 is 11.8 Å². The summed E-state index contributed by atoms with van der Waals surface area (Å²) in [4.78, 5) is 48.2. The van der Waals surface area contributed by atoms with Crippen molar-refractivity contribution in [2.24, 2.45) is 0 Å². The summed E-state index contributed by atoms with van der Waals surface area (Å²) in [5.74, 6) is 1.14. The van der Waals surface area contributed by atoms with Gasteiger partial charge in [0.05, 0.1) is 7.11 Å². The van der Waals surface area contributed by atoms with Gasteiger partial charge in [0.1, 0.15) is 6.61 Å². The molecule has 9 aromatic rings. The quantitative estimate of drug-likeness (QED) is 0.0589. The van der Waals surface area contributed by atoms with Crippen LogP contribution in [0.25, 0.3) is 36.5 Å². The minimum absolute atomic E-state index is 0.0114. The number of allylic oxidation sites excluding steroid dienone is 6. The fourth-order valence-corrected chi connectivity index (χ4v) is 7.92. The number of methoxy groups -OCH3 is 1. The standard InChI is InChI=1S/C21H18O3S.3C17H14O/c1-23-19-12-17(14-22)21(25-18-10-6-3-7-11-18)13-20(19)24-15-16-8-4-2-5-9-16;3*18-17(13-11-15-7-3-1-4-8-15)14-12-16-9-5-2-6-10-16/h2-14H,15H2,1H3;3*1-14H. The summed E-state index contributed by atoms with van der Waals surface area (Å²) < 4.78 is 11.3. The topological polar surface area (TPSA) is 86.7 Å². The first-order valence-electron chi connectivity index (χ1n) is 25.4. The zero-order chi connectivity index (χ0) is 55.4. The molecule has 9 aromatic carbocycles. The summed E-state index contributed by atoms with van der Waals surface area (Å²) in [6.45, 7) is 0.438. The van der Waals surface area contributed by atoms with E-state index >= 15 is 0 Å². The zero-order valence-corrected chi connectivity index (χ0v) is 44.6. The summed E-state index contributed by atoms with van der Waals surface area (Å²) in [5, 5.41) is 0. The molecule has 0 atom stereocenters. The van der Waals surface area contributed by atoms with E-state index in [1.54, 1.807) is 49.6 Å². The van der Waals surface area contributed by atoms with Crippen molar-refractivity contribution >= 4 is 71.9 Å². The molecule has 0 saturated carbocycles. The maximum atomic E-state index is 11.6. The van der Waals surface area contributed by atoms with Crippen molar-refractivity contribution in [1.29, 1.82) is 0 Å². The number of ketones is 3. The molecule has 0 aliphatic rings. The summed E-state index contributed by atoms with van der Waals surface area (Å²) in [7, 11) is 1.57. The Labute approximate surface area is 468 Å². The van der Waals surface area contributed by atoms with Gasteiger partial charge in [0.25, 0.3) is 0 Å². The highest BCUT2D eigenvalue weighted by atomic mass is 32.2. The Morgan fingerprint density at radius 3 is 0.924 bits per heavy atom. The molecule has 0 N–H and O–H groups in total. The Morgan fingerprint density at radius 1 is 0.367 bits per heavy atom. The van der Waals surface area contributed by atoms with E-state index in [1.807, 2.05) is 285 Å². The molecule has 0 bridgehead atoms. The fourth-order valence-electron chi connectivity index (χ4n) is 6.98. The molecule has 0 aromatic heterocycles. The van der Waals surface area contributed by atoms with Crippen LogP contribution in [0.3, 0.4) is 0 Å². The molecule has 0 fully saturated rings. The molecule has 0 unspecified atom stereocenters. The van der Waals surface area contributed by atoms with E-state index in [4.69, 9.17) is 9.47 Å². The van der Waals surface area contributed by atoms with Gasteiger partial charge in [-0.25, -0.2) is 0 Å². The minimum atomic E-state index is -0.0114. The molecule has 0 aliphatic heterocycles. The molecule has 0 radical (unpaired) electrons. The van der Waals surface area contributed by atoms with E-state index in [9.17, 15) is 19.2 Å². The third kappa shape index (κ3) is 23.2. The number of hydrogen-bond acceptors (Lipinski definition) is 7. The highest BCUT2D eigenvalue weighted by molar-refractivity contribution is 7.99. The molecule has 0 heterocycles. The van der Waals surface area contributed by atoms with Gasteiger partial charge >= 0.3 is 0 Å². The van der Waals surface area contributed by atoms with E-state index in [2.05, 4.69) is 0 Å². The first-order valence-corrected chi connectivity index (χ1v) is 26.2. The number of ether oxygens (including phenoxy) is 2. The Hall–Kier alpha value is -9.95. The lowest BCUT2D eigenvalue weighted by molar-refractivity contribution is -0.111. The maximum Gasteiger partial charge on any atom is 0.178 e. The predicted molar refractivity (Wildman–Crippen MR) is 328 cm³/mol. The molecule has 0 saturated heterocycles. The molecule has 0 aliphatic carbocycles. The summed E-state index contributed by atoms with van der Waals surface area (Å²) >= 11 is 1.53. The third-order valence-corrected chi connectivity index (χ3v) is 12.2. The van der Waals surface area contributed by atoms with Gasteiger partial charge in [0.15, 0.2) is 35.1 Å². The summed E-state index contributed by atoms with van der Waals surface area (Å²) in [5.41, 5.74) is 7.81. The van der Waals surface area contributed by atoms with Crippen LogP contribution in [0.4, 0.5) is 0 Å². The lowest BCUT2D eigenvalue weighted by Gasteiger charge is -2.14. The van der Waals surface area contributed by atoms with Gasteiger partial charge in [-0.05, 0) is 99.7 Å².